The maximum Gasteiger partial charge on any atom is 0.337 e. The minimum absolute atomic E-state index is 0. The summed E-state index contributed by atoms with van der Waals surface area (Å²) in [5, 5.41) is 0. The third-order valence-corrected chi connectivity index (χ3v) is 0.331. The van der Waals surface area contributed by atoms with Gasteiger partial charge in [0.1, 0.15) is 0 Å². The van der Waals surface area contributed by atoms with Gasteiger partial charge in [0.05, 0.1) is 0 Å². The fourth-order valence-corrected chi connectivity index (χ4v) is 0.0955. The Morgan fingerprint density at radius 1 is 1.62 bits per heavy atom. The zero-order chi connectivity index (χ0) is 5.70. The Morgan fingerprint density at radius 3 is 2.25 bits per heavy atom. The maximum atomic E-state index is 9.84. The number of carbonyl (C=O) groups excluding carboxylic acids is 2. The molecule has 0 aliphatic heterocycles. The van der Waals surface area contributed by atoms with E-state index in [1.165, 1.54) is 0 Å². The summed E-state index contributed by atoms with van der Waals surface area (Å²) < 4.78 is 3.75. The van der Waals surface area contributed by atoms with E-state index in [9.17, 15) is 9.59 Å². The number of hydrogen-bond donors (Lipinski definition) is 0. The molecule has 0 rings (SSSR count). The van der Waals surface area contributed by atoms with Crippen LogP contribution in [0.3, 0.4) is 0 Å². The molecule has 0 N–H and O–H groups in total. The Balaban J connectivity index is 0. The van der Waals surface area contributed by atoms with E-state index in [-0.39, 0.29) is 26.0 Å². The number of esters is 1. The van der Waals surface area contributed by atoms with E-state index in [1.807, 2.05) is 0 Å². The predicted molar refractivity (Wildman–Crippen MR) is 22.4 cm³/mol. The average Bonchev–Trinajstić information content (AvgIpc) is 1.68. The van der Waals surface area contributed by atoms with Gasteiger partial charge in [0.2, 0.25) is 0 Å². The van der Waals surface area contributed by atoms with Gasteiger partial charge in [-0.15, -0.1) is 0 Å². The van der Waals surface area contributed by atoms with Crippen LogP contribution in [-0.2, 0) is 33.8 Å². The third kappa shape index (κ3) is 5.50. The van der Waals surface area contributed by atoms with Gasteiger partial charge >= 0.3 is 12.4 Å². The molecule has 47 valence electrons. The summed E-state index contributed by atoms with van der Waals surface area (Å²) in [5.74, 6) is -0.727. The quantitative estimate of drug-likeness (QED) is 0.206. The standard InChI is InChI=1S/C4H4O3.Rh/c1-2-4(6)7-3-5;/h2-3H,1H2;. The first-order valence-corrected chi connectivity index (χ1v) is 1.58. The van der Waals surface area contributed by atoms with Crippen molar-refractivity contribution in [2.45, 2.75) is 0 Å². The molecule has 0 aliphatic rings. The second-order valence-corrected chi connectivity index (χ2v) is 0.737. The molecular formula is C4H4O3Rh. The van der Waals surface area contributed by atoms with Crippen LogP contribution in [0, 0.1) is 0 Å². The molecule has 0 saturated carbocycles. The van der Waals surface area contributed by atoms with Crippen molar-refractivity contribution in [3.63, 3.8) is 0 Å². The van der Waals surface area contributed by atoms with Crippen LogP contribution in [0.1, 0.15) is 0 Å². The molecule has 0 heterocycles. The molecule has 1 radical (unpaired) electrons. The monoisotopic (exact) mass is 203 g/mol. The van der Waals surface area contributed by atoms with E-state index in [1.54, 1.807) is 0 Å². The predicted octanol–water partition coefficient (Wildman–Crippen LogP) is -0.131. The van der Waals surface area contributed by atoms with Crippen molar-refractivity contribution in [1.82, 2.24) is 0 Å². The first kappa shape index (κ1) is 10.5. The van der Waals surface area contributed by atoms with Gasteiger partial charge in [0.25, 0.3) is 0 Å². The largest absolute Gasteiger partial charge is 0.392 e. The molecule has 0 amide bonds. The van der Waals surface area contributed by atoms with Crippen molar-refractivity contribution in [3.8, 4) is 0 Å². The number of rotatable bonds is 2. The van der Waals surface area contributed by atoms with Crippen LogP contribution in [0.25, 0.3) is 0 Å². The Kier molecular flexibility index (Phi) is 8.52. The molecule has 0 aromatic carbocycles. The van der Waals surface area contributed by atoms with E-state index >= 15 is 0 Å². The van der Waals surface area contributed by atoms with Gasteiger partial charge in [-0.05, 0) is 0 Å². The van der Waals surface area contributed by atoms with Crippen LogP contribution >= 0.6 is 0 Å². The second-order valence-electron chi connectivity index (χ2n) is 0.737. The Morgan fingerprint density at radius 2 is 2.12 bits per heavy atom. The van der Waals surface area contributed by atoms with E-state index in [0.29, 0.717) is 0 Å². The smallest absolute Gasteiger partial charge is 0.337 e. The fourth-order valence-electron chi connectivity index (χ4n) is 0.0955. The third-order valence-electron chi connectivity index (χ3n) is 0.331. The topological polar surface area (TPSA) is 43.4 Å². The Bertz CT molecular complexity index is 99.5. The number of ether oxygens (including phenoxy) is 1. The zero-order valence-corrected chi connectivity index (χ0v) is 5.56. The van der Waals surface area contributed by atoms with Crippen LogP contribution in [0.4, 0.5) is 0 Å². The summed E-state index contributed by atoms with van der Waals surface area (Å²) in [4.78, 5) is 19.1. The molecule has 0 bridgehead atoms. The minimum atomic E-state index is -0.727. The summed E-state index contributed by atoms with van der Waals surface area (Å²) in [5.41, 5.74) is 0. The summed E-state index contributed by atoms with van der Waals surface area (Å²) in [6.07, 6.45) is 0.911. The van der Waals surface area contributed by atoms with Crippen LogP contribution < -0.4 is 0 Å². The zero-order valence-electron chi connectivity index (χ0n) is 3.92. The fraction of sp³-hybridized carbons (Fsp3) is 0. The molecule has 0 unspecified atom stereocenters. The van der Waals surface area contributed by atoms with Crippen LogP contribution in [0.15, 0.2) is 12.7 Å². The number of hydrogen-bond acceptors (Lipinski definition) is 3. The van der Waals surface area contributed by atoms with Gasteiger partial charge in [-0.25, -0.2) is 4.79 Å². The van der Waals surface area contributed by atoms with Gasteiger partial charge in [-0.3, -0.25) is 4.79 Å². The van der Waals surface area contributed by atoms with Crippen molar-refractivity contribution in [1.29, 1.82) is 0 Å². The normalized spacial score (nSPS) is 6.00. The van der Waals surface area contributed by atoms with Crippen LogP contribution in [0.5, 0.6) is 0 Å². The second kappa shape index (κ2) is 6.50. The van der Waals surface area contributed by atoms with Crippen molar-refractivity contribution >= 4 is 12.4 Å². The van der Waals surface area contributed by atoms with Gasteiger partial charge in [0.15, 0.2) is 0 Å². The van der Waals surface area contributed by atoms with Gasteiger partial charge < -0.3 is 4.74 Å². The molecule has 0 aromatic rings. The molecule has 0 atom stereocenters. The Labute approximate surface area is 59.5 Å². The molecule has 0 fully saturated rings. The van der Waals surface area contributed by atoms with E-state index in [2.05, 4.69) is 11.3 Å². The maximum absolute atomic E-state index is 9.84. The van der Waals surface area contributed by atoms with Gasteiger partial charge in [0, 0.05) is 25.6 Å². The van der Waals surface area contributed by atoms with E-state index in [0.717, 1.165) is 6.08 Å². The van der Waals surface area contributed by atoms with Crippen molar-refractivity contribution in [3.05, 3.63) is 12.7 Å². The summed E-state index contributed by atoms with van der Waals surface area (Å²) in [6, 6.07) is 0. The van der Waals surface area contributed by atoms with Crippen LogP contribution in [-0.4, -0.2) is 12.4 Å². The number of carbonyl (C=O) groups is 2. The molecule has 0 spiro atoms. The molecule has 8 heavy (non-hydrogen) atoms. The summed E-state index contributed by atoms with van der Waals surface area (Å²) in [7, 11) is 0. The van der Waals surface area contributed by atoms with Crippen molar-refractivity contribution in [2.75, 3.05) is 0 Å². The van der Waals surface area contributed by atoms with E-state index in [4.69, 9.17) is 0 Å². The molecule has 3 nitrogen and oxygen atoms in total. The first-order valence-electron chi connectivity index (χ1n) is 1.58. The summed E-state index contributed by atoms with van der Waals surface area (Å²) >= 11 is 0. The molecular weight excluding hydrogens is 199 g/mol. The van der Waals surface area contributed by atoms with Gasteiger partial charge in [-0.2, -0.15) is 0 Å². The molecule has 0 saturated heterocycles. The Hall–Kier alpha value is -0.497. The van der Waals surface area contributed by atoms with Crippen LogP contribution in [0.2, 0.25) is 0 Å². The SMILES string of the molecule is C=CC(=O)OC=O.[Rh]. The summed E-state index contributed by atoms with van der Waals surface area (Å²) in [6.45, 7) is 3.11. The van der Waals surface area contributed by atoms with Crippen molar-refractivity contribution < 1.29 is 33.8 Å². The van der Waals surface area contributed by atoms with Gasteiger partial charge in [-0.1, -0.05) is 6.58 Å². The van der Waals surface area contributed by atoms with Crippen molar-refractivity contribution in [2.24, 2.45) is 0 Å². The minimum Gasteiger partial charge on any atom is -0.392 e. The molecule has 0 aliphatic carbocycles. The molecule has 4 heteroatoms. The first-order chi connectivity index (χ1) is 3.31. The average molecular weight is 203 g/mol. The van der Waals surface area contributed by atoms with E-state index < -0.39 is 5.97 Å². The molecule has 0 aromatic heterocycles.